The molecular weight excluding hydrogens is 253 g/mol. The number of hydrogen-bond donors (Lipinski definition) is 1. The van der Waals surface area contributed by atoms with Crippen LogP contribution in [0.2, 0.25) is 0 Å². The smallest absolute Gasteiger partial charge is 0.131 e. The fraction of sp³-hybridized carbons (Fsp3) is 0.647. The molecule has 0 saturated heterocycles. The van der Waals surface area contributed by atoms with E-state index in [4.69, 9.17) is 4.74 Å². The van der Waals surface area contributed by atoms with Gasteiger partial charge in [0.25, 0.3) is 0 Å². The second-order valence-electron chi connectivity index (χ2n) is 6.20. The summed E-state index contributed by atoms with van der Waals surface area (Å²) in [7, 11) is 1.83. The lowest BCUT2D eigenvalue weighted by atomic mass is 9.80. The highest BCUT2D eigenvalue weighted by molar-refractivity contribution is 5.30. The molecular formula is C17H26FNO. The van der Waals surface area contributed by atoms with Crippen molar-refractivity contribution < 1.29 is 9.13 Å². The summed E-state index contributed by atoms with van der Waals surface area (Å²) in [5.74, 6) is 1.91. The van der Waals surface area contributed by atoms with Gasteiger partial charge in [-0.3, -0.25) is 0 Å². The zero-order valence-electron chi connectivity index (χ0n) is 12.9. The van der Waals surface area contributed by atoms with Crippen LogP contribution in [0.4, 0.5) is 4.39 Å². The topological polar surface area (TPSA) is 21.3 Å². The third-order valence-corrected chi connectivity index (χ3v) is 4.72. The van der Waals surface area contributed by atoms with Crippen LogP contribution in [0, 0.1) is 17.7 Å². The van der Waals surface area contributed by atoms with Crippen LogP contribution in [0.1, 0.15) is 51.6 Å². The normalized spacial score (nSPS) is 28.1. The van der Waals surface area contributed by atoms with Gasteiger partial charge in [0.05, 0.1) is 6.10 Å². The van der Waals surface area contributed by atoms with Crippen LogP contribution >= 0.6 is 0 Å². The van der Waals surface area contributed by atoms with E-state index < -0.39 is 0 Å². The van der Waals surface area contributed by atoms with Crippen molar-refractivity contribution in [2.24, 2.45) is 11.8 Å². The number of rotatable bonds is 4. The lowest BCUT2D eigenvalue weighted by Gasteiger charge is -2.32. The Labute approximate surface area is 121 Å². The van der Waals surface area contributed by atoms with E-state index in [0.717, 1.165) is 18.8 Å². The first-order valence-electron chi connectivity index (χ1n) is 7.64. The number of halogens is 1. The molecule has 0 bridgehead atoms. The lowest BCUT2D eigenvalue weighted by molar-refractivity contribution is 0.100. The monoisotopic (exact) mass is 279 g/mol. The van der Waals surface area contributed by atoms with Gasteiger partial charge in [-0.1, -0.05) is 19.9 Å². The molecule has 4 atom stereocenters. The first kappa shape index (κ1) is 15.3. The lowest BCUT2D eigenvalue weighted by Crippen LogP contribution is -2.28. The van der Waals surface area contributed by atoms with E-state index in [0.29, 0.717) is 17.2 Å². The van der Waals surface area contributed by atoms with Crippen molar-refractivity contribution in [3.8, 4) is 5.75 Å². The molecule has 1 N–H and O–H groups in total. The molecule has 0 radical (unpaired) electrons. The summed E-state index contributed by atoms with van der Waals surface area (Å²) in [5, 5.41) is 3.05. The number of nitrogens with one attached hydrogen (secondary N) is 1. The maximum absolute atomic E-state index is 14.1. The summed E-state index contributed by atoms with van der Waals surface area (Å²) in [4.78, 5) is 0. The second kappa shape index (κ2) is 6.57. The first-order chi connectivity index (χ1) is 9.51. The zero-order valence-corrected chi connectivity index (χ0v) is 12.9. The Balaban J connectivity index is 2.02. The van der Waals surface area contributed by atoms with Gasteiger partial charge in [-0.2, -0.15) is 0 Å². The van der Waals surface area contributed by atoms with Crippen LogP contribution in [0.25, 0.3) is 0 Å². The molecule has 1 aliphatic rings. The third-order valence-electron chi connectivity index (χ3n) is 4.72. The molecule has 0 aromatic heterocycles. The largest absolute Gasteiger partial charge is 0.490 e. The van der Waals surface area contributed by atoms with Crippen LogP contribution < -0.4 is 10.1 Å². The molecule has 0 heterocycles. The van der Waals surface area contributed by atoms with E-state index in [9.17, 15) is 4.39 Å². The summed E-state index contributed by atoms with van der Waals surface area (Å²) < 4.78 is 20.0. The van der Waals surface area contributed by atoms with Crippen molar-refractivity contribution in [3.05, 3.63) is 29.6 Å². The standard InChI is InChI=1S/C17H26FNO/c1-11-5-6-14(9-12(11)2)20-15-7-8-16(13(3)19-4)17(18)10-15/h7-8,10-14,19H,5-6,9H2,1-4H3. The minimum atomic E-state index is -0.193. The SMILES string of the molecule is CNC(C)c1ccc(OC2CCC(C)C(C)C2)cc1F. The van der Waals surface area contributed by atoms with Gasteiger partial charge < -0.3 is 10.1 Å². The molecule has 1 saturated carbocycles. The van der Waals surface area contributed by atoms with E-state index >= 15 is 0 Å². The summed E-state index contributed by atoms with van der Waals surface area (Å²) in [6.07, 6.45) is 3.57. The van der Waals surface area contributed by atoms with E-state index in [1.165, 1.54) is 12.5 Å². The van der Waals surface area contributed by atoms with E-state index in [-0.39, 0.29) is 18.0 Å². The molecule has 4 unspecified atom stereocenters. The Kier molecular flexibility index (Phi) is 5.03. The predicted molar refractivity (Wildman–Crippen MR) is 80.5 cm³/mol. The Morgan fingerprint density at radius 1 is 1.25 bits per heavy atom. The predicted octanol–water partition coefficient (Wildman–Crippen LogP) is 4.31. The number of benzene rings is 1. The molecule has 2 rings (SSSR count). The van der Waals surface area contributed by atoms with Crippen molar-refractivity contribution in [1.29, 1.82) is 0 Å². The molecule has 0 amide bonds. The Bertz CT molecular complexity index is 449. The molecule has 20 heavy (non-hydrogen) atoms. The van der Waals surface area contributed by atoms with E-state index in [1.54, 1.807) is 0 Å². The summed E-state index contributed by atoms with van der Waals surface area (Å²) >= 11 is 0. The highest BCUT2D eigenvalue weighted by atomic mass is 19.1. The maximum atomic E-state index is 14.1. The van der Waals surface area contributed by atoms with Crippen molar-refractivity contribution in [2.75, 3.05) is 7.05 Å². The molecule has 0 aliphatic heterocycles. The van der Waals surface area contributed by atoms with Crippen LogP contribution in [0.3, 0.4) is 0 Å². The van der Waals surface area contributed by atoms with Crippen LogP contribution in [-0.4, -0.2) is 13.2 Å². The molecule has 3 heteroatoms. The van der Waals surface area contributed by atoms with Gasteiger partial charge >= 0.3 is 0 Å². The molecule has 0 spiro atoms. The van der Waals surface area contributed by atoms with Gasteiger partial charge in [0.2, 0.25) is 0 Å². The fourth-order valence-corrected chi connectivity index (χ4v) is 2.89. The second-order valence-corrected chi connectivity index (χ2v) is 6.20. The highest BCUT2D eigenvalue weighted by Crippen LogP contribution is 2.32. The van der Waals surface area contributed by atoms with Crippen molar-refractivity contribution in [1.82, 2.24) is 5.32 Å². The molecule has 1 fully saturated rings. The number of ether oxygens (including phenoxy) is 1. The molecule has 1 aromatic carbocycles. The van der Waals surface area contributed by atoms with Crippen LogP contribution in [-0.2, 0) is 0 Å². The maximum Gasteiger partial charge on any atom is 0.131 e. The highest BCUT2D eigenvalue weighted by Gasteiger charge is 2.25. The van der Waals surface area contributed by atoms with E-state index in [1.807, 2.05) is 26.1 Å². The Morgan fingerprint density at radius 3 is 2.60 bits per heavy atom. The van der Waals surface area contributed by atoms with Gasteiger partial charge in [-0.25, -0.2) is 4.39 Å². The van der Waals surface area contributed by atoms with Crippen molar-refractivity contribution in [3.63, 3.8) is 0 Å². The van der Waals surface area contributed by atoms with Crippen LogP contribution in [0.15, 0.2) is 18.2 Å². The van der Waals surface area contributed by atoms with E-state index in [2.05, 4.69) is 19.2 Å². The van der Waals surface area contributed by atoms with Crippen molar-refractivity contribution in [2.45, 2.75) is 52.2 Å². The van der Waals surface area contributed by atoms with Gasteiger partial charge in [0.15, 0.2) is 0 Å². The number of hydrogen-bond acceptors (Lipinski definition) is 2. The van der Waals surface area contributed by atoms with Crippen molar-refractivity contribution >= 4 is 0 Å². The minimum absolute atomic E-state index is 0.0135. The Morgan fingerprint density at radius 2 is 2.00 bits per heavy atom. The average molecular weight is 279 g/mol. The fourth-order valence-electron chi connectivity index (χ4n) is 2.89. The quantitative estimate of drug-likeness (QED) is 0.886. The summed E-state index contributed by atoms with van der Waals surface area (Å²) in [6, 6.07) is 5.24. The minimum Gasteiger partial charge on any atom is -0.490 e. The van der Waals surface area contributed by atoms with Gasteiger partial charge in [0.1, 0.15) is 11.6 Å². The summed E-state index contributed by atoms with van der Waals surface area (Å²) in [6.45, 7) is 6.52. The van der Waals surface area contributed by atoms with Gasteiger partial charge in [0, 0.05) is 17.7 Å². The Hall–Kier alpha value is -1.09. The molecule has 1 aliphatic carbocycles. The average Bonchev–Trinajstić information content (AvgIpc) is 2.42. The summed E-state index contributed by atoms with van der Waals surface area (Å²) in [5.41, 5.74) is 0.686. The van der Waals surface area contributed by atoms with Crippen LogP contribution in [0.5, 0.6) is 5.75 Å². The third kappa shape index (κ3) is 3.51. The zero-order chi connectivity index (χ0) is 14.7. The van der Waals surface area contributed by atoms with Gasteiger partial charge in [-0.15, -0.1) is 0 Å². The molecule has 2 nitrogen and oxygen atoms in total. The first-order valence-corrected chi connectivity index (χ1v) is 7.64. The molecule has 1 aromatic rings. The van der Waals surface area contributed by atoms with Gasteiger partial charge in [-0.05, 0) is 51.1 Å². The molecule has 112 valence electrons.